The number of carboxylic acid groups (broad SMARTS) is 1. The molecule has 0 radical (unpaired) electrons. The van der Waals surface area contributed by atoms with E-state index < -0.39 is 40.9 Å². The molecule has 0 saturated carbocycles. The molecule has 0 aliphatic rings. The van der Waals surface area contributed by atoms with E-state index in [0.29, 0.717) is 5.52 Å². The molecule has 1 heterocycles. The second kappa shape index (κ2) is 12.7. The summed E-state index contributed by atoms with van der Waals surface area (Å²) in [7, 11) is -0.425. The molecule has 2 atom stereocenters. The number of guanidine groups is 1. The van der Waals surface area contributed by atoms with Crippen molar-refractivity contribution in [3.8, 4) is 0 Å². The summed E-state index contributed by atoms with van der Waals surface area (Å²) in [5.41, 5.74) is 6.30. The van der Waals surface area contributed by atoms with Gasteiger partial charge in [-0.2, -0.15) is 0 Å². The Morgan fingerprint density at radius 2 is 1.95 bits per heavy atom. The number of hydrogen-bond acceptors (Lipinski definition) is 5. The molecule has 1 aromatic heterocycles. The quantitative estimate of drug-likeness (QED) is 0.181. The fourth-order valence-electron chi connectivity index (χ4n) is 3.43. The lowest BCUT2D eigenvalue weighted by Gasteiger charge is -2.16. The van der Waals surface area contributed by atoms with Gasteiger partial charge in [0.1, 0.15) is 22.6 Å². The first kappa shape index (κ1) is 28.9. The number of fused-ring (bicyclic) bond motifs is 1. The zero-order chi connectivity index (χ0) is 28.0. The highest BCUT2D eigenvalue weighted by Crippen LogP contribution is 2.27. The van der Waals surface area contributed by atoms with Gasteiger partial charge in [-0.15, -0.1) is 0 Å². The number of aromatic nitrogens is 1. The molecule has 3 aromatic rings. The minimum Gasteiger partial charge on any atom is -0.480 e. The lowest BCUT2D eigenvalue weighted by atomic mass is 10.1. The molecule has 0 aliphatic heterocycles. The number of aliphatic carboxylic acids is 1. The van der Waals surface area contributed by atoms with Crippen LogP contribution in [0.4, 0.5) is 0 Å². The summed E-state index contributed by atoms with van der Waals surface area (Å²) in [5.74, 6) is -1.99. The molecule has 3 rings (SSSR count). The number of nitrogens with two attached hydrogens (primary N) is 1. The largest absolute Gasteiger partial charge is 0.480 e. The van der Waals surface area contributed by atoms with Crippen LogP contribution in [-0.2, 0) is 29.4 Å². The van der Waals surface area contributed by atoms with Crippen molar-refractivity contribution in [2.45, 2.75) is 17.5 Å². The van der Waals surface area contributed by atoms with E-state index in [4.69, 9.17) is 28.9 Å². The van der Waals surface area contributed by atoms with E-state index in [2.05, 4.69) is 26.9 Å². The van der Waals surface area contributed by atoms with Crippen LogP contribution in [0.25, 0.3) is 10.9 Å². The van der Waals surface area contributed by atoms with Gasteiger partial charge in [-0.1, -0.05) is 41.9 Å². The Balaban J connectivity index is 1.78. The number of halogens is 2. The fraction of sp³-hybridized carbons (Fsp3) is 0.167. The minimum atomic E-state index is -2.09. The van der Waals surface area contributed by atoms with E-state index in [1.54, 1.807) is 35.9 Å². The molecule has 2 aromatic carbocycles. The molecule has 0 spiro atoms. The van der Waals surface area contributed by atoms with Gasteiger partial charge in [0.2, 0.25) is 5.43 Å². The Morgan fingerprint density at radius 1 is 1.26 bits per heavy atom. The number of benzene rings is 2. The molecule has 0 fully saturated rings. The minimum absolute atomic E-state index is 0.0153. The van der Waals surface area contributed by atoms with Gasteiger partial charge < -0.3 is 26.0 Å². The summed E-state index contributed by atoms with van der Waals surface area (Å²) in [6.07, 6.45) is 2.75. The van der Waals surface area contributed by atoms with Crippen molar-refractivity contribution in [2.75, 3.05) is 6.54 Å². The number of nitrogens with one attached hydrogen (secondary N) is 3. The highest BCUT2D eigenvalue weighted by atomic mass is 35.5. The Morgan fingerprint density at radius 3 is 2.58 bits per heavy atom. The molecule has 14 heteroatoms. The third-order valence-electron chi connectivity index (χ3n) is 5.30. The molecular formula is C24H24Cl2N6O5S. The van der Waals surface area contributed by atoms with Crippen LogP contribution in [0.2, 0.25) is 10.0 Å². The van der Waals surface area contributed by atoms with Crippen LogP contribution in [0.15, 0.2) is 70.1 Å². The number of carbonyl (C=O) groups excluding carboxylic acids is 1. The van der Waals surface area contributed by atoms with E-state index in [1.165, 1.54) is 24.5 Å². The van der Waals surface area contributed by atoms with Gasteiger partial charge in [0.05, 0.1) is 27.0 Å². The normalized spacial score (nSPS) is 13.1. The van der Waals surface area contributed by atoms with Crippen molar-refractivity contribution in [2.24, 2.45) is 17.8 Å². The zero-order valence-corrected chi connectivity index (χ0v) is 22.4. The van der Waals surface area contributed by atoms with Crippen LogP contribution in [0.3, 0.4) is 0 Å². The predicted molar refractivity (Wildman–Crippen MR) is 148 cm³/mol. The van der Waals surface area contributed by atoms with Crippen molar-refractivity contribution in [1.29, 1.82) is 0 Å². The molecule has 200 valence electrons. The van der Waals surface area contributed by atoms with E-state index >= 15 is 0 Å². The number of nitrogens with zero attached hydrogens (tertiary/aromatic N) is 2. The van der Waals surface area contributed by atoms with E-state index in [0.717, 1.165) is 5.56 Å². The Kier molecular flexibility index (Phi) is 9.64. The maximum atomic E-state index is 13.0. The number of amides is 1. The van der Waals surface area contributed by atoms with Crippen LogP contribution < -0.4 is 26.5 Å². The molecule has 1 amide bonds. The fourth-order valence-corrected chi connectivity index (χ4v) is 5.30. The monoisotopic (exact) mass is 578 g/mol. The standard InChI is InChI=1S/C24H24Cl2N6O5S/c1-3-28-24(27)30-10-13-7-8-14-19(9-13)32(2)12-15(20(14)33)22(34)29-11-18(23(35)36)31-38(37)21-16(25)5-4-6-17(21)26/h3-9,12,18,31H,1,10-11H2,2H3,(H,29,34)(H,35,36)(H3,27,28,30). The van der Waals surface area contributed by atoms with Crippen molar-refractivity contribution < 1.29 is 18.9 Å². The van der Waals surface area contributed by atoms with Gasteiger partial charge in [-0.3, -0.25) is 14.4 Å². The average molecular weight is 579 g/mol. The highest BCUT2D eigenvalue weighted by molar-refractivity contribution is 7.83. The third-order valence-corrected chi connectivity index (χ3v) is 7.46. The Bertz CT molecular complexity index is 1500. The van der Waals surface area contributed by atoms with Gasteiger partial charge in [0.25, 0.3) is 5.91 Å². The van der Waals surface area contributed by atoms with Gasteiger partial charge in [0, 0.05) is 25.2 Å². The summed E-state index contributed by atoms with van der Waals surface area (Å²) >= 11 is 12.1. The van der Waals surface area contributed by atoms with Crippen LogP contribution in [0.5, 0.6) is 0 Å². The lowest BCUT2D eigenvalue weighted by Crippen LogP contribution is -2.47. The predicted octanol–water partition coefficient (Wildman–Crippen LogP) is 1.89. The van der Waals surface area contributed by atoms with E-state index in [1.807, 2.05) is 0 Å². The number of pyridine rings is 1. The number of carboxylic acids is 1. The summed E-state index contributed by atoms with van der Waals surface area (Å²) < 4.78 is 16.7. The molecular weight excluding hydrogens is 555 g/mol. The third kappa shape index (κ3) is 6.78. The van der Waals surface area contributed by atoms with Gasteiger partial charge in [-0.25, -0.2) is 13.9 Å². The molecule has 0 saturated heterocycles. The highest BCUT2D eigenvalue weighted by Gasteiger charge is 2.24. The SMILES string of the molecule is C=CNC(N)=NCc1ccc2c(=O)c(C(=O)NCC(NS(=O)c3c(Cl)cccc3Cl)C(=O)O)cn(C)c2c1. The molecule has 11 nitrogen and oxygen atoms in total. The van der Waals surface area contributed by atoms with Gasteiger partial charge >= 0.3 is 5.97 Å². The maximum absolute atomic E-state index is 13.0. The molecule has 0 bridgehead atoms. The van der Waals surface area contributed by atoms with Crippen molar-refractivity contribution in [3.05, 3.63) is 86.8 Å². The number of aliphatic imine (C=N–C) groups is 1. The summed E-state index contributed by atoms with van der Waals surface area (Å²) in [4.78, 5) is 41.8. The topological polar surface area (TPSA) is 168 Å². The summed E-state index contributed by atoms with van der Waals surface area (Å²) in [6, 6.07) is 8.02. The number of hydrogen-bond donors (Lipinski definition) is 5. The van der Waals surface area contributed by atoms with Gasteiger partial charge in [0.15, 0.2) is 5.96 Å². The first-order valence-electron chi connectivity index (χ1n) is 11.0. The number of carbonyl (C=O) groups is 2. The molecule has 38 heavy (non-hydrogen) atoms. The second-order valence-electron chi connectivity index (χ2n) is 7.92. The smallest absolute Gasteiger partial charge is 0.323 e. The van der Waals surface area contributed by atoms with Crippen molar-refractivity contribution >= 4 is 62.9 Å². The molecule has 0 aliphatic carbocycles. The van der Waals surface area contributed by atoms with E-state index in [9.17, 15) is 23.7 Å². The number of rotatable bonds is 10. The molecule has 6 N–H and O–H groups in total. The summed E-state index contributed by atoms with van der Waals surface area (Å²) in [5, 5.41) is 15.1. The second-order valence-corrected chi connectivity index (χ2v) is 9.92. The Labute approximate surface area is 229 Å². The first-order valence-corrected chi connectivity index (χ1v) is 12.9. The van der Waals surface area contributed by atoms with Crippen molar-refractivity contribution in [1.82, 2.24) is 19.9 Å². The van der Waals surface area contributed by atoms with Crippen molar-refractivity contribution in [3.63, 3.8) is 0 Å². The average Bonchev–Trinajstić information content (AvgIpc) is 2.87. The van der Waals surface area contributed by atoms with E-state index in [-0.39, 0.29) is 38.4 Å². The lowest BCUT2D eigenvalue weighted by molar-refractivity contribution is -0.138. The van der Waals surface area contributed by atoms with Crippen LogP contribution in [-0.4, -0.2) is 44.3 Å². The summed E-state index contributed by atoms with van der Waals surface area (Å²) in [6.45, 7) is 3.29. The van der Waals surface area contributed by atoms with Gasteiger partial charge in [-0.05, 0) is 36.0 Å². The van der Waals surface area contributed by atoms with Crippen LogP contribution >= 0.6 is 23.2 Å². The maximum Gasteiger partial charge on any atom is 0.323 e. The first-order chi connectivity index (χ1) is 18.0. The number of aryl methyl sites for hydroxylation is 1. The zero-order valence-electron chi connectivity index (χ0n) is 20.0. The van der Waals surface area contributed by atoms with Crippen LogP contribution in [0.1, 0.15) is 15.9 Å². The van der Waals surface area contributed by atoms with Crippen LogP contribution in [0, 0.1) is 0 Å². The Hall–Kier alpha value is -3.71. The molecule has 2 unspecified atom stereocenters.